The van der Waals surface area contributed by atoms with Gasteiger partial charge in [-0.1, -0.05) is 72.6 Å². The van der Waals surface area contributed by atoms with Gasteiger partial charge in [-0.3, -0.25) is 0 Å². The standard InChI is InChI=1S/C23H50N.C2F6NO4S2/c1-5-9-13-14-15-19-23-24(20-16-10-6-2,21-17-11-7-3)22-18-12-8-4;3-1(4,5)14(10,11)9-15(12,13)2(6,7)8/h5-23H2,1-4H3;/q+1;-1. The molecule has 6 nitrogen and oxygen atoms in total. The predicted molar refractivity (Wildman–Crippen MR) is 145 cm³/mol. The molecule has 0 N–H and O–H groups in total. The van der Waals surface area contributed by atoms with Crippen LogP contribution in [-0.4, -0.2) is 58.5 Å². The van der Waals surface area contributed by atoms with Crippen LogP contribution in [0.4, 0.5) is 26.3 Å². The van der Waals surface area contributed by atoms with E-state index in [-0.39, 0.29) is 0 Å². The van der Waals surface area contributed by atoms with Gasteiger partial charge in [0.1, 0.15) is 0 Å². The summed E-state index contributed by atoms with van der Waals surface area (Å²) < 4.78 is 111. The van der Waals surface area contributed by atoms with E-state index >= 15 is 0 Å². The molecule has 0 aromatic carbocycles. The van der Waals surface area contributed by atoms with E-state index in [2.05, 4.69) is 27.7 Å². The SMILES string of the molecule is CCCCCCCC[N+](CCCCC)(CCCCC)CCCCC.O=S(=O)([N-]S(=O)(=O)C(F)(F)F)C(F)(F)F. The smallest absolute Gasteiger partial charge is 0.421 e. The molecule has 0 spiro atoms. The van der Waals surface area contributed by atoms with Crippen molar-refractivity contribution < 1.29 is 47.7 Å². The molecule has 238 valence electrons. The molecule has 39 heavy (non-hydrogen) atoms. The zero-order chi connectivity index (χ0) is 30.6. The summed E-state index contributed by atoms with van der Waals surface area (Å²) in [7, 11) is -13.4. The van der Waals surface area contributed by atoms with Gasteiger partial charge in [0.05, 0.1) is 26.2 Å². The minimum absolute atomic E-state index is 0.778. The lowest BCUT2D eigenvalue weighted by atomic mass is 10.1. The van der Waals surface area contributed by atoms with Gasteiger partial charge in [-0.15, -0.1) is 0 Å². The fraction of sp³-hybridized carbons (Fsp3) is 1.00. The average Bonchev–Trinajstić information content (AvgIpc) is 2.80. The lowest BCUT2D eigenvalue weighted by Gasteiger charge is -2.39. The Bertz CT molecular complexity index is 749. The van der Waals surface area contributed by atoms with Crippen LogP contribution >= 0.6 is 0 Å². The second kappa shape index (κ2) is 20.3. The van der Waals surface area contributed by atoms with Crippen molar-refractivity contribution in [3.8, 4) is 0 Å². The van der Waals surface area contributed by atoms with E-state index in [0.717, 1.165) is 4.13 Å². The van der Waals surface area contributed by atoms with Crippen LogP contribution in [0.25, 0.3) is 4.13 Å². The Kier molecular flexibility index (Phi) is 21.1. The first-order chi connectivity index (χ1) is 17.9. The number of hydrogen-bond acceptors (Lipinski definition) is 4. The van der Waals surface area contributed by atoms with Crippen molar-refractivity contribution in [3.63, 3.8) is 0 Å². The third-order valence-electron chi connectivity index (χ3n) is 6.48. The largest absolute Gasteiger partial charge is 0.480 e. The van der Waals surface area contributed by atoms with Gasteiger partial charge in [-0.25, -0.2) is 16.8 Å². The molecular weight excluding hydrogens is 570 g/mol. The Morgan fingerprint density at radius 2 is 0.692 bits per heavy atom. The summed E-state index contributed by atoms with van der Waals surface area (Å²) >= 11 is 0. The Balaban J connectivity index is 0. The van der Waals surface area contributed by atoms with Crippen molar-refractivity contribution in [2.45, 2.75) is 135 Å². The molecule has 0 aromatic rings. The monoisotopic (exact) mass is 620 g/mol. The maximum atomic E-state index is 11.4. The molecule has 0 aliphatic heterocycles. The zero-order valence-corrected chi connectivity index (χ0v) is 25.7. The van der Waals surface area contributed by atoms with Gasteiger partial charge in [0, 0.05) is 0 Å². The summed E-state index contributed by atoms with van der Waals surface area (Å²) in [6, 6.07) is 0. The molecule has 0 aliphatic carbocycles. The van der Waals surface area contributed by atoms with Gasteiger partial charge in [-0.05, 0) is 51.4 Å². The second-order valence-electron chi connectivity index (χ2n) is 10.0. The number of halogens is 6. The number of rotatable bonds is 21. The van der Waals surface area contributed by atoms with E-state index in [1.807, 2.05) is 0 Å². The Morgan fingerprint density at radius 1 is 0.462 bits per heavy atom. The molecule has 0 heterocycles. The molecule has 0 atom stereocenters. The topological polar surface area (TPSA) is 82.4 Å². The molecule has 0 radical (unpaired) electrons. The molecule has 0 saturated heterocycles. The van der Waals surface area contributed by atoms with Gasteiger partial charge in [0.25, 0.3) is 0 Å². The molecule has 0 aromatic heterocycles. The number of quaternary nitrogens is 1. The van der Waals surface area contributed by atoms with Crippen molar-refractivity contribution >= 4 is 20.0 Å². The van der Waals surface area contributed by atoms with Crippen molar-refractivity contribution in [3.05, 3.63) is 4.13 Å². The molecule has 0 rings (SSSR count). The van der Waals surface area contributed by atoms with Gasteiger partial charge >= 0.3 is 11.0 Å². The van der Waals surface area contributed by atoms with E-state index in [0.29, 0.717) is 0 Å². The van der Waals surface area contributed by atoms with Crippen molar-refractivity contribution in [2.75, 3.05) is 26.2 Å². The average molecular weight is 621 g/mol. The number of alkyl halides is 6. The molecule has 0 aliphatic rings. The van der Waals surface area contributed by atoms with Crippen LogP contribution in [0, 0.1) is 0 Å². The fourth-order valence-electron chi connectivity index (χ4n) is 4.20. The van der Waals surface area contributed by atoms with Crippen LogP contribution in [0.3, 0.4) is 0 Å². The van der Waals surface area contributed by atoms with Gasteiger partial charge < -0.3 is 8.61 Å². The Hall–Kier alpha value is -0.600. The minimum atomic E-state index is -6.72. The first-order valence-electron chi connectivity index (χ1n) is 14.2. The maximum Gasteiger partial charge on any atom is 0.480 e. The zero-order valence-electron chi connectivity index (χ0n) is 24.0. The third kappa shape index (κ3) is 18.5. The van der Waals surface area contributed by atoms with Gasteiger partial charge in [0.2, 0.25) is 0 Å². The summed E-state index contributed by atoms with van der Waals surface area (Å²) in [6.45, 7) is 15.2. The normalized spacial score (nSPS) is 13.3. The van der Waals surface area contributed by atoms with Crippen LogP contribution in [0.2, 0.25) is 0 Å². The van der Waals surface area contributed by atoms with Crippen LogP contribution in [-0.2, 0) is 20.0 Å². The second-order valence-corrected chi connectivity index (χ2v) is 13.5. The molecule has 0 amide bonds. The van der Waals surface area contributed by atoms with Gasteiger partial charge in [-0.2, -0.15) is 26.3 Å². The van der Waals surface area contributed by atoms with Crippen molar-refractivity contribution in [2.24, 2.45) is 0 Å². The highest BCUT2D eigenvalue weighted by Crippen LogP contribution is 2.36. The summed E-state index contributed by atoms with van der Waals surface area (Å²) in [6.07, 6.45) is 21.4. The highest BCUT2D eigenvalue weighted by molar-refractivity contribution is 8.13. The lowest BCUT2D eigenvalue weighted by Crippen LogP contribution is -2.50. The molecular formula is C25H50F6N2O4S2. The van der Waals surface area contributed by atoms with Crippen molar-refractivity contribution in [1.82, 2.24) is 0 Å². The summed E-state index contributed by atoms with van der Waals surface area (Å²) in [5.74, 6) is 0. The number of unbranched alkanes of at least 4 members (excludes halogenated alkanes) is 11. The molecule has 14 heteroatoms. The first-order valence-corrected chi connectivity index (χ1v) is 17.0. The lowest BCUT2D eigenvalue weighted by molar-refractivity contribution is -0.929. The van der Waals surface area contributed by atoms with Crippen LogP contribution in [0.5, 0.6) is 0 Å². The molecule has 0 unspecified atom stereocenters. The number of hydrogen-bond donors (Lipinski definition) is 0. The van der Waals surface area contributed by atoms with E-state index in [4.69, 9.17) is 0 Å². The van der Waals surface area contributed by atoms with Crippen LogP contribution in [0.15, 0.2) is 0 Å². The maximum absolute atomic E-state index is 11.4. The van der Waals surface area contributed by atoms with E-state index in [9.17, 15) is 43.2 Å². The number of sulfonamides is 2. The first kappa shape index (κ1) is 40.5. The number of nitrogens with zero attached hydrogens (tertiary/aromatic N) is 2. The Morgan fingerprint density at radius 3 is 0.974 bits per heavy atom. The summed E-state index contributed by atoms with van der Waals surface area (Å²) in [5, 5.41) is 0. The molecule has 0 saturated carbocycles. The van der Waals surface area contributed by atoms with Crippen LogP contribution in [0.1, 0.15) is 124 Å². The van der Waals surface area contributed by atoms with E-state index < -0.39 is 31.1 Å². The predicted octanol–water partition coefficient (Wildman–Crippen LogP) is 8.79. The fourth-order valence-corrected chi connectivity index (χ4v) is 5.91. The van der Waals surface area contributed by atoms with Gasteiger partial charge in [0.15, 0.2) is 20.0 Å². The van der Waals surface area contributed by atoms with Crippen LogP contribution < -0.4 is 0 Å². The van der Waals surface area contributed by atoms with E-state index in [1.165, 1.54) is 127 Å². The Labute approximate surface area is 233 Å². The summed E-state index contributed by atoms with van der Waals surface area (Å²) in [5.41, 5.74) is -12.4. The quantitative estimate of drug-likeness (QED) is 0.0730. The van der Waals surface area contributed by atoms with E-state index in [1.54, 1.807) is 0 Å². The molecule has 0 bridgehead atoms. The third-order valence-corrected chi connectivity index (χ3v) is 9.22. The molecule has 0 fully saturated rings. The summed E-state index contributed by atoms with van der Waals surface area (Å²) in [4.78, 5) is 0. The van der Waals surface area contributed by atoms with Crippen molar-refractivity contribution in [1.29, 1.82) is 0 Å². The minimum Gasteiger partial charge on any atom is -0.421 e. The highest BCUT2D eigenvalue weighted by atomic mass is 32.3. The highest BCUT2D eigenvalue weighted by Gasteiger charge is 2.46.